The molecular formula is C29H35F4N5O. The van der Waals surface area contributed by atoms with Crippen LogP contribution in [0.3, 0.4) is 0 Å². The van der Waals surface area contributed by atoms with E-state index < -0.39 is 17.7 Å². The minimum absolute atomic E-state index is 0.0713. The van der Waals surface area contributed by atoms with Gasteiger partial charge >= 0.3 is 6.18 Å². The molecule has 0 amide bonds. The summed E-state index contributed by atoms with van der Waals surface area (Å²) in [6.07, 6.45) is 7.98. The standard InChI is InChI=1S/C29H35F4N5O/c1-6-9-11-13-34-28(36-17-21(8-3)16-35-26(12-10-7-2)29(31,32)33)24-14-22(15-25(39-5)20(24)4)27-37-18-23(30)19-38-27/h8,11-16,18-19H,6-7,9-10,17H2,1-5H3,(H,34,36)/b13-11+,21-8+,26-12+,35-16+. The maximum atomic E-state index is 13.4. The SMILES string of the molecule is C\C=C(/C=N/C(=C/CCC)C(F)(F)F)CN=C(N/C=C/CCC)c1cc(-c2ncc(F)cn2)cc(OC)c1C. The lowest BCUT2D eigenvalue weighted by atomic mass is 10.0. The molecule has 39 heavy (non-hydrogen) atoms. The van der Waals surface area contributed by atoms with Crippen molar-refractivity contribution in [2.24, 2.45) is 9.98 Å². The highest BCUT2D eigenvalue weighted by atomic mass is 19.4. The number of benzene rings is 1. The summed E-state index contributed by atoms with van der Waals surface area (Å²) in [5, 5.41) is 3.20. The number of nitrogens with zero attached hydrogens (tertiary/aromatic N) is 4. The second kappa shape index (κ2) is 15.6. The monoisotopic (exact) mass is 545 g/mol. The van der Waals surface area contributed by atoms with Crippen LogP contribution in [0.25, 0.3) is 11.4 Å². The average Bonchev–Trinajstić information content (AvgIpc) is 2.91. The van der Waals surface area contributed by atoms with Gasteiger partial charge in [-0.2, -0.15) is 13.2 Å². The van der Waals surface area contributed by atoms with E-state index in [4.69, 9.17) is 4.74 Å². The summed E-state index contributed by atoms with van der Waals surface area (Å²) < 4.78 is 59.1. The second-order valence-electron chi connectivity index (χ2n) is 8.57. The van der Waals surface area contributed by atoms with Crippen LogP contribution in [-0.4, -0.2) is 41.8 Å². The van der Waals surface area contributed by atoms with Gasteiger partial charge in [0, 0.05) is 22.9 Å². The van der Waals surface area contributed by atoms with E-state index in [0.717, 1.165) is 36.9 Å². The Hall–Kier alpha value is -3.82. The summed E-state index contributed by atoms with van der Waals surface area (Å²) in [6, 6.07) is 3.56. The number of aliphatic imine (C=N–C) groups is 2. The second-order valence-corrected chi connectivity index (χ2v) is 8.57. The number of rotatable bonds is 12. The molecule has 0 bridgehead atoms. The summed E-state index contributed by atoms with van der Waals surface area (Å²) in [6.45, 7) is 7.51. The molecule has 0 fully saturated rings. The maximum Gasteiger partial charge on any atom is 0.433 e. The average molecular weight is 546 g/mol. The topological polar surface area (TPSA) is 71.8 Å². The molecule has 0 aliphatic carbocycles. The smallest absolute Gasteiger partial charge is 0.433 e. The van der Waals surface area contributed by atoms with E-state index in [2.05, 4.69) is 32.2 Å². The lowest BCUT2D eigenvalue weighted by molar-refractivity contribution is -0.0925. The highest BCUT2D eigenvalue weighted by molar-refractivity contribution is 6.02. The zero-order valence-corrected chi connectivity index (χ0v) is 22.9. The molecule has 1 aromatic heterocycles. The molecule has 0 saturated carbocycles. The van der Waals surface area contributed by atoms with E-state index in [1.54, 1.807) is 32.2 Å². The van der Waals surface area contributed by atoms with Crippen LogP contribution in [0.1, 0.15) is 57.6 Å². The van der Waals surface area contributed by atoms with Crippen molar-refractivity contribution < 1.29 is 22.3 Å². The number of ether oxygens (including phenoxy) is 1. The van der Waals surface area contributed by atoms with Gasteiger partial charge in [0.1, 0.15) is 17.3 Å². The Balaban J connectivity index is 2.52. The molecule has 6 nitrogen and oxygen atoms in total. The number of hydrogen-bond acceptors (Lipinski definition) is 5. The third kappa shape index (κ3) is 9.77. The molecule has 2 aromatic rings. The van der Waals surface area contributed by atoms with Crippen LogP contribution >= 0.6 is 0 Å². The Morgan fingerprint density at radius 3 is 2.38 bits per heavy atom. The lowest BCUT2D eigenvalue weighted by Gasteiger charge is -2.15. The third-order valence-electron chi connectivity index (χ3n) is 5.58. The number of aromatic nitrogens is 2. The number of halogens is 4. The van der Waals surface area contributed by atoms with Gasteiger partial charge in [0.15, 0.2) is 11.6 Å². The van der Waals surface area contributed by atoms with Crippen LogP contribution in [0.4, 0.5) is 17.6 Å². The fraction of sp³-hybridized carbons (Fsp3) is 0.379. The minimum atomic E-state index is -4.54. The minimum Gasteiger partial charge on any atom is -0.496 e. The van der Waals surface area contributed by atoms with Gasteiger partial charge in [0.25, 0.3) is 0 Å². The summed E-state index contributed by atoms with van der Waals surface area (Å²) in [4.78, 5) is 16.5. The Labute approximate surface area is 227 Å². The first-order chi connectivity index (χ1) is 18.6. The predicted octanol–water partition coefficient (Wildman–Crippen LogP) is 7.51. The summed E-state index contributed by atoms with van der Waals surface area (Å²) in [5.74, 6) is 0.761. The number of amidine groups is 1. The first kappa shape index (κ1) is 31.4. The molecule has 0 spiro atoms. The van der Waals surface area contributed by atoms with E-state index in [-0.39, 0.29) is 13.0 Å². The molecule has 0 saturated heterocycles. The van der Waals surface area contributed by atoms with Crippen molar-refractivity contribution in [2.45, 2.75) is 59.6 Å². The van der Waals surface area contributed by atoms with E-state index in [1.165, 1.54) is 13.3 Å². The number of methoxy groups -OCH3 is 1. The largest absolute Gasteiger partial charge is 0.496 e. The lowest BCUT2D eigenvalue weighted by Crippen LogP contribution is -2.21. The zero-order chi connectivity index (χ0) is 28.8. The Kier molecular flexibility index (Phi) is 12.5. The number of unbranched alkanes of at least 4 members (excludes halogenated alkanes) is 2. The van der Waals surface area contributed by atoms with Crippen molar-refractivity contribution in [2.75, 3.05) is 13.7 Å². The number of hydrogen-bond donors (Lipinski definition) is 1. The van der Waals surface area contributed by atoms with Gasteiger partial charge in [-0.1, -0.05) is 44.9 Å². The van der Waals surface area contributed by atoms with Crippen molar-refractivity contribution >= 4 is 12.1 Å². The predicted molar refractivity (Wildman–Crippen MR) is 149 cm³/mol. The van der Waals surface area contributed by atoms with Crippen LogP contribution in [0, 0.1) is 12.7 Å². The molecule has 1 aromatic carbocycles. The molecule has 1 heterocycles. The van der Waals surface area contributed by atoms with Crippen LogP contribution in [0.15, 0.2) is 70.2 Å². The zero-order valence-electron chi connectivity index (χ0n) is 22.9. The molecule has 0 aliphatic rings. The Morgan fingerprint density at radius 1 is 1.10 bits per heavy atom. The number of nitrogens with one attached hydrogen (secondary N) is 1. The van der Waals surface area contributed by atoms with Gasteiger partial charge in [-0.15, -0.1) is 0 Å². The van der Waals surface area contributed by atoms with E-state index in [1.807, 2.05) is 19.1 Å². The Morgan fingerprint density at radius 2 is 1.79 bits per heavy atom. The van der Waals surface area contributed by atoms with Crippen molar-refractivity contribution in [1.29, 1.82) is 0 Å². The van der Waals surface area contributed by atoms with Gasteiger partial charge in [0.05, 0.1) is 26.0 Å². The molecule has 0 aliphatic heterocycles. The van der Waals surface area contributed by atoms with Gasteiger partial charge in [-0.05, 0) is 50.6 Å². The molecular weight excluding hydrogens is 510 g/mol. The normalized spacial score (nSPS) is 13.5. The number of alkyl halides is 3. The van der Waals surface area contributed by atoms with Gasteiger partial charge in [0.2, 0.25) is 0 Å². The third-order valence-corrected chi connectivity index (χ3v) is 5.58. The molecule has 0 radical (unpaired) electrons. The fourth-order valence-corrected chi connectivity index (χ4v) is 3.38. The van der Waals surface area contributed by atoms with Crippen molar-refractivity contribution in [3.8, 4) is 17.1 Å². The van der Waals surface area contributed by atoms with Crippen molar-refractivity contribution in [3.63, 3.8) is 0 Å². The molecule has 0 atom stereocenters. The highest BCUT2D eigenvalue weighted by Gasteiger charge is 2.33. The number of allylic oxidation sites excluding steroid dienone is 4. The van der Waals surface area contributed by atoms with Gasteiger partial charge in [-0.25, -0.2) is 14.4 Å². The fourth-order valence-electron chi connectivity index (χ4n) is 3.38. The van der Waals surface area contributed by atoms with Crippen molar-refractivity contribution in [3.05, 3.63) is 77.2 Å². The first-order valence-corrected chi connectivity index (χ1v) is 12.7. The van der Waals surface area contributed by atoms with Crippen LogP contribution in [-0.2, 0) is 0 Å². The van der Waals surface area contributed by atoms with Gasteiger partial charge < -0.3 is 10.1 Å². The van der Waals surface area contributed by atoms with Crippen LogP contribution in [0.5, 0.6) is 5.75 Å². The van der Waals surface area contributed by atoms with Gasteiger partial charge in [-0.3, -0.25) is 9.98 Å². The molecule has 1 N–H and O–H groups in total. The van der Waals surface area contributed by atoms with Crippen LogP contribution in [0.2, 0.25) is 0 Å². The first-order valence-electron chi connectivity index (χ1n) is 12.7. The van der Waals surface area contributed by atoms with E-state index in [0.29, 0.717) is 40.5 Å². The summed E-state index contributed by atoms with van der Waals surface area (Å²) in [7, 11) is 1.53. The van der Waals surface area contributed by atoms with E-state index >= 15 is 0 Å². The summed E-state index contributed by atoms with van der Waals surface area (Å²) >= 11 is 0. The maximum absolute atomic E-state index is 13.4. The molecule has 0 unspecified atom stereocenters. The molecule has 10 heteroatoms. The van der Waals surface area contributed by atoms with Crippen molar-refractivity contribution in [1.82, 2.24) is 15.3 Å². The molecule has 210 valence electrons. The highest BCUT2D eigenvalue weighted by Crippen LogP contribution is 2.29. The van der Waals surface area contributed by atoms with E-state index in [9.17, 15) is 17.6 Å². The molecule has 2 rings (SSSR count). The summed E-state index contributed by atoms with van der Waals surface area (Å²) in [5.41, 5.74) is 1.60. The quantitative estimate of drug-likeness (QED) is 0.170. The van der Waals surface area contributed by atoms with Crippen LogP contribution < -0.4 is 10.1 Å². The Bertz CT molecular complexity index is 1230.